The summed E-state index contributed by atoms with van der Waals surface area (Å²) in [4.78, 5) is 23.1. The number of phosphoric acid groups is 1. The third kappa shape index (κ3) is 47.0. The minimum absolute atomic E-state index is 0.0581. The molecule has 1 amide bonds. The van der Waals surface area contributed by atoms with Crippen molar-refractivity contribution in [1.82, 2.24) is 5.32 Å². The van der Waals surface area contributed by atoms with Crippen molar-refractivity contribution in [1.29, 1.82) is 0 Å². The summed E-state index contributed by atoms with van der Waals surface area (Å²) in [5, 5.41) is 13.8. The van der Waals surface area contributed by atoms with Crippen LogP contribution in [0.15, 0.2) is 24.3 Å². The smallest absolute Gasteiger partial charge is 0.387 e. The number of nitrogens with one attached hydrogen (secondary N) is 1. The van der Waals surface area contributed by atoms with Gasteiger partial charge in [-0.05, 0) is 32.1 Å². The number of rotatable bonds is 49. The van der Waals surface area contributed by atoms with Crippen molar-refractivity contribution in [3.8, 4) is 0 Å². The van der Waals surface area contributed by atoms with Crippen molar-refractivity contribution in [2.45, 2.75) is 270 Å². The first-order valence-corrected chi connectivity index (χ1v) is 28.2. The van der Waals surface area contributed by atoms with Crippen molar-refractivity contribution >= 4 is 13.7 Å². The number of unbranched alkanes of at least 4 members (excludes halogenated alkanes) is 34. The molecule has 0 fully saturated rings. The van der Waals surface area contributed by atoms with Crippen LogP contribution < -0.4 is 5.32 Å². The van der Waals surface area contributed by atoms with Crippen LogP contribution in [0.3, 0.4) is 0 Å². The average molecular weight is 898 g/mol. The third-order valence-corrected chi connectivity index (χ3v) is 13.2. The van der Waals surface area contributed by atoms with Gasteiger partial charge in [-0.2, -0.15) is 0 Å². The highest BCUT2D eigenvalue weighted by molar-refractivity contribution is 7.47. The van der Waals surface area contributed by atoms with Crippen LogP contribution in [0.5, 0.6) is 0 Å². The molecule has 0 aromatic rings. The first-order valence-electron chi connectivity index (χ1n) is 26.7. The van der Waals surface area contributed by atoms with Gasteiger partial charge >= 0.3 is 7.82 Å². The topological polar surface area (TPSA) is 105 Å². The zero-order chi connectivity index (χ0) is 45.7. The van der Waals surface area contributed by atoms with Gasteiger partial charge in [-0.25, -0.2) is 4.57 Å². The first-order chi connectivity index (χ1) is 30.0. The lowest BCUT2D eigenvalue weighted by Crippen LogP contribution is -2.45. The van der Waals surface area contributed by atoms with E-state index in [2.05, 4.69) is 31.3 Å². The van der Waals surface area contributed by atoms with E-state index >= 15 is 0 Å². The average Bonchev–Trinajstić information content (AvgIpc) is 3.23. The summed E-state index contributed by atoms with van der Waals surface area (Å²) < 4.78 is 23.5. The van der Waals surface area contributed by atoms with Gasteiger partial charge in [0.1, 0.15) is 13.2 Å². The normalized spacial score (nSPS) is 14.2. The number of carbonyl (C=O) groups is 1. The molecule has 62 heavy (non-hydrogen) atoms. The summed E-state index contributed by atoms with van der Waals surface area (Å²) in [5.41, 5.74) is 0. The number of carbonyl (C=O) groups excluding carboxylic acids is 1. The molecular weight excluding hydrogens is 792 g/mol. The second kappa shape index (κ2) is 45.1. The maximum atomic E-state index is 12.9. The number of nitrogens with zero attached hydrogens (tertiary/aromatic N) is 1. The predicted molar refractivity (Wildman–Crippen MR) is 268 cm³/mol. The van der Waals surface area contributed by atoms with E-state index < -0.39 is 20.0 Å². The van der Waals surface area contributed by atoms with Crippen molar-refractivity contribution in [2.75, 3.05) is 40.9 Å². The third-order valence-electron chi connectivity index (χ3n) is 12.2. The van der Waals surface area contributed by atoms with E-state index in [1.807, 2.05) is 27.2 Å². The van der Waals surface area contributed by atoms with Gasteiger partial charge in [-0.3, -0.25) is 13.8 Å². The Morgan fingerprint density at radius 2 is 0.887 bits per heavy atom. The largest absolute Gasteiger partial charge is 0.472 e. The molecule has 0 saturated heterocycles. The van der Waals surface area contributed by atoms with Gasteiger partial charge in [0.25, 0.3) is 0 Å². The number of quaternary nitrogens is 1. The minimum atomic E-state index is -4.34. The van der Waals surface area contributed by atoms with E-state index in [4.69, 9.17) is 9.05 Å². The van der Waals surface area contributed by atoms with Crippen LogP contribution in [0, 0.1) is 0 Å². The van der Waals surface area contributed by atoms with Gasteiger partial charge in [-0.1, -0.05) is 244 Å². The second-order valence-corrected chi connectivity index (χ2v) is 21.1. The van der Waals surface area contributed by atoms with Crippen molar-refractivity contribution in [3.63, 3.8) is 0 Å². The second-order valence-electron chi connectivity index (χ2n) is 19.6. The quantitative estimate of drug-likeness (QED) is 0.0243. The monoisotopic (exact) mass is 898 g/mol. The maximum Gasteiger partial charge on any atom is 0.472 e. The molecule has 0 aliphatic carbocycles. The van der Waals surface area contributed by atoms with Crippen LogP contribution in [0.1, 0.15) is 258 Å². The Morgan fingerprint density at radius 3 is 1.29 bits per heavy atom. The van der Waals surface area contributed by atoms with Crippen LogP contribution in [0.4, 0.5) is 0 Å². The summed E-state index contributed by atoms with van der Waals surface area (Å²) in [6.07, 6.45) is 55.9. The molecule has 0 heterocycles. The predicted octanol–water partition coefficient (Wildman–Crippen LogP) is 15.6. The van der Waals surface area contributed by atoms with Crippen LogP contribution in [-0.2, 0) is 18.4 Å². The Morgan fingerprint density at radius 1 is 0.532 bits per heavy atom. The van der Waals surface area contributed by atoms with E-state index in [1.54, 1.807) is 6.08 Å². The molecule has 3 unspecified atom stereocenters. The van der Waals surface area contributed by atoms with E-state index in [1.165, 1.54) is 199 Å². The Balaban J connectivity index is 3.98. The molecule has 0 aliphatic heterocycles. The van der Waals surface area contributed by atoms with E-state index in [-0.39, 0.29) is 19.1 Å². The fraction of sp³-hybridized carbons (Fsp3) is 0.906. The number of hydrogen-bond acceptors (Lipinski definition) is 5. The van der Waals surface area contributed by atoms with Crippen molar-refractivity contribution < 1.29 is 32.9 Å². The summed E-state index contributed by atoms with van der Waals surface area (Å²) >= 11 is 0. The fourth-order valence-corrected chi connectivity index (χ4v) is 8.68. The number of aliphatic hydroxyl groups is 1. The van der Waals surface area contributed by atoms with Gasteiger partial charge in [-0.15, -0.1) is 0 Å². The number of amides is 1. The number of aliphatic hydroxyl groups excluding tert-OH is 1. The number of hydrogen-bond donors (Lipinski definition) is 3. The molecule has 9 heteroatoms. The van der Waals surface area contributed by atoms with E-state index in [9.17, 15) is 19.4 Å². The van der Waals surface area contributed by atoms with Crippen LogP contribution in [0.2, 0.25) is 0 Å². The summed E-state index contributed by atoms with van der Waals surface area (Å²) in [7, 11) is 1.56. The van der Waals surface area contributed by atoms with Gasteiger partial charge < -0.3 is 19.8 Å². The Bertz CT molecular complexity index is 1060. The van der Waals surface area contributed by atoms with Gasteiger partial charge in [0.15, 0.2) is 0 Å². The Kier molecular flexibility index (Phi) is 44.4. The highest BCUT2D eigenvalue weighted by Crippen LogP contribution is 2.43. The lowest BCUT2D eigenvalue weighted by molar-refractivity contribution is -0.870. The van der Waals surface area contributed by atoms with Crippen LogP contribution >= 0.6 is 7.82 Å². The van der Waals surface area contributed by atoms with E-state index in [0.29, 0.717) is 17.4 Å². The molecule has 0 saturated carbocycles. The SMILES string of the molecule is CCCCCC/C=C/CC/C=C/C(O)C(COP(=O)(O)OCC[N+](C)(C)C)NC(=O)CCCCCCCCCCCCCCCCCCCCCCCCCCCCCCCC. The molecule has 0 aromatic carbocycles. The Hall–Kier alpha value is -1.02. The summed E-state index contributed by atoms with van der Waals surface area (Å²) in [5.74, 6) is -0.184. The molecule has 368 valence electrons. The summed E-state index contributed by atoms with van der Waals surface area (Å²) in [6.45, 7) is 4.78. The zero-order valence-electron chi connectivity index (χ0n) is 41.9. The number of allylic oxidation sites excluding steroid dienone is 3. The highest BCUT2D eigenvalue weighted by atomic mass is 31.2. The molecular formula is C53H106N2O6P+. The van der Waals surface area contributed by atoms with Crippen molar-refractivity contribution in [3.05, 3.63) is 24.3 Å². The molecule has 0 bridgehead atoms. The molecule has 0 radical (unpaired) electrons. The molecule has 0 spiro atoms. The van der Waals surface area contributed by atoms with Gasteiger partial charge in [0.05, 0.1) is 39.9 Å². The van der Waals surface area contributed by atoms with Crippen LogP contribution in [-0.4, -0.2) is 73.4 Å². The summed E-state index contributed by atoms with van der Waals surface area (Å²) in [6, 6.07) is -0.858. The van der Waals surface area contributed by atoms with E-state index in [0.717, 1.165) is 38.5 Å². The molecule has 0 aliphatic rings. The van der Waals surface area contributed by atoms with Crippen molar-refractivity contribution in [2.24, 2.45) is 0 Å². The lowest BCUT2D eigenvalue weighted by Gasteiger charge is -2.25. The van der Waals surface area contributed by atoms with Gasteiger partial charge in [0.2, 0.25) is 5.91 Å². The minimum Gasteiger partial charge on any atom is -0.387 e. The zero-order valence-corrected chi connectivity index (χ0v) is 42.8. The number of phosphoric ester groups is 1. The first kappa shape index (κ1) is 61.0. The molecule has 3 N–H and O–H groups in total. The highest BCUT2D eigenvalue weighted by Gasteiger charge is 2.27. The van der Waals surface area contributed by atoms with Crippen LogP contribution in [0.25, 0.3) is 0 Å². The fourth-order valence-electron chi connectivity index (χ4n) is 7.94. The number of likely N-dealkylation sites (N-methyl/N-ethyl adjacent to an activating group) is 1. The molecule has 8 nitrogen and oxygen atoms in total. The lowest BCUT2D eigenvalue weighted by atomic mass is 10.0. The molecule has 3 atom stereocenters. The molecule has 0 rings (SSSR count). The standard InChI is InChI=1S/C53H105N2O6P/c1-6-8-10-12-14-16-18-19-20-21-22-23-24-25-26-27-28-29-30-31-32-33-34-35-36-37-39-41-43-45-47-53(57)54-51(50-61-62(58,59)60-49-48-55(3,4)5)52(56)46-44-42-40-38-17-15-13-11-9-7-2/h17,38,44,46,51-52,56H,6-16,18-37,39-43,45,47-50H2,1-5H3,(H-,54,57,58,59)/p+1/b38-17+,46-44+. The molecule has 0 aromatic heterocycles. The Labute approximate surface area is 385 Å². The maximum absolute atomic E-state index is 12.9. The van der Waals surface area contributed by atoms with Gasteiger partial charge in [0, 0.05) is 6.42 Å².